The predicted molar refractivity (Wildman–Crippen MR) is 74.2 cm³/mol. The number of aryl methyl sites for hydroxylation is 1. The lowest BCUT2D eigenvalue weighted by Gasteiger charge is -2.28. The zero-order chi connectivity index (χ0) is 13.1. The number of hydrogen-bond acceptors (Lipinski definition) is 4. The number of rotatable bonds is 5. The number of nitrogens with two attached hydrogens (primary N) is 1. The molecule has 0 saturated carbocycles. The zero-order valence-corrected chi connectivity index (χ0v) is 11.5. The SMILES string of the molecule is Cc1cc(NCC(C)(C)CN(C)C)ncc1N. The van der Waals surface area contributed by atoms with E-state index in [2.05, 4.69) is 43.1 Å². The van der Waals surface area contributed by atoms with Crippen molar-refractivity contribution < 1.29 is 0 Å². The Labute approximate surface area is 104 Å². The maximum Gasteiger partial charge on any atom is 0.126 e. The summed E-state index contributed by atoms with van der Waals surface area (Å²) in [6.45, 7) is 8.40. The predicted octanol–water partition coefficient (Wildman–Crippen LogP) is 1.97. The van der Waals surface area contributed by atoms with Gasteiger partial charge in [0.2, 0.25) is 0 Å². The van der Waals surface area contributed by atoms with Gasteiger partial charge in [-0.15, -0.1) is 0 Å². The number of hydrogen-bond donors (Lipinski definition) is 2. The standard InChI is InChI=1S/C13H24N4/c1-10-6-12(15-7-11(10)14)16-8-13(2,3)9-17(4)5/h6-7H,8-9,14H2,1-5H3,(H,15,16). The fourth-order valence-corrected chi connectivity index (χ4v) is 1.91. The summed E-state index contributed by atoms with van der Waals surface area (Å²) in [5, 5.41) is 3.36. The van der Waals surface area contributed by atoms with E-state index < -0.39 is 0 Å². The normalized spacial score (nSPS) is 11.9. The van der Waals surface area contributed by atoms with Crippen molar-refractivity contribution >= 4 is 11.5 Å². The molecule has 0 aliphatic rings. The molecule has 0 unspecified atom stereocenters. The zero-order valence-electron chi connectivity index (χ0n) is 11.5. The van der Waals surface area contributed by atoms with Crippen LogP contribution in [0.4, 0.5) is 11.5 Å². The molecule has 0 atom stereocenters. The van der Waals surface area contributed by atoms with Gasteiger partial charge in [-0.05, 0) is 38.1 Å². The summed E-state index contributed by atoms with van der Waals surface area (Å²) in [7, 11) is 4.18. The van der Waals surface area contributed by atoms with E-state index in [1.165, 1.54) is 0 Å². The summed E-state index contributed by atoms with van der Waals surface area (Å²) in [6.07, 6.45) is 1.70. The summed E-state index contributed by atoms with van der Waals surface area (Å²) in [6, 6.07) is 1.99. The second-order valence-corrected chi connectivity index (χ2v) is 5.68. The minimum Gasteiger partial charge on any atom is -0.397 e. The number of anilines is 2. The monoisotopic (exact) mass is 236 g/mol. The second kappa shape index (κ2) is 5.36. The molecule has 1 heterocycles. The summed E-state index contributed by atoms with van der Waals surface area (Å²) in [5.74, 6) is 0.892. The van der Waals surface area contributed by atoms with E-state index >= 15 is 0 Å². The van der Waals surface area contributed by atoms with Crippen LogP contribution in [0.5, 0.6) is 0 Å². The highest BCUT2D eigenvalue weighted by molar-refractivity contribution is 5.50. The van der Waals surface area contributed by atoms with Gasteiger partial charge in [0, 0.05) is 13.1 Å². The van der Waals surface area contributed by atoms with Crippen molar-refractivity contribution in [2.45, 2.75) is 20.8 Å². The highest BCUT2D eigenvalue weighted by Crippen LogP contribution is 2.18. The van der Waals surface area contributed by atoms with Gasteiger partial charge in [0.05, 0.1) is 11.9 Å². The first kappa shape index (κ1) is 13.8. The molecule has 1 rings (SSSR count). The Morgan fingerprint density at radius 3 is 2.59 bits per heavy atom. The fourth-order valence-electron chi connectivity index (χ4n) is 1.91. The van der Waals surface area contributed by atoms with Crippen LogP contribution in [0.2, 0.25) is 0 Å². The van der Waals surface area contributed by atoms with Crippen LogP contribution in [0.25, 0.3) is 0 Å². The number of aromatic nitrogens is 1. The topological polar surface area (TPSA) is 54.2 Å². The maximum absolute atomic E-state index is 5.74. The van der Waals surface area contributed by atoms with Crippen molar-refractivity contribution in [1.82, 2.24) is 9.88 Å². The molecule has 3 N–H and O–H groups in total. The third-order valence-electron chi connectivity index (χ3n) is 2.64. The van der Waals surface area contributed by atoms with Crippen molar-refractivity contribution in [2.75, 3.05) is 38.2 Å². The van der Waals surface area contributed by atoms with Gasteiger partial charge in [0.1, 0.15) is 5.82 Å². The quantitative estimate of drug-likeness (QED) is 0.820. The van der Waals surface area contributed by atoms with Gasteiger partial charge in [-0.1, -0.05) is 13.8 Å². The molecule has 0 spiro atoms. The van der Waals surface area contributed by atoms with Crippen LogP contribution in [0.15, 0.2) is 12.3 Å². The molecular formula is C13H24N4. The van der Waals surface area contributed by atoms with Gasteiger partial charge in [-0.3, -0.25) is 0 Å². The van der Waals surface area contributed by atoms with Crippen molar-refractivity contribution in [1.29, 1.82) is 0 Å². The average molecular weight is 236 g/mol. The molecule has 0 fully saturated rings. The lowest BCUT2D eigenvalue weighted by molar-refractivity contribution is 0.254. The molecule has 0 saturated heterocycles. The maximum atomic E-state index is 5.74. The number of nitrogen functional groups attached to an aromatic ring is 1. The summed E-state index contributed by atoms with van der Waals surface area (Å²) < 4.78 is 0. The van der Waals surface area contributed by atoms with Crippen LogP contribution in [-0.2, 0) is 0 Å². The highest BCUT2D eigenvalue weighted by atomic mass is 15.1. The third-order valence-corrected chi connectivity index (χ3v) is 2.64. The Bertz CT molecular complexity index is 372. The molecule has 0 aliphatic heterocycles. The number of nitrogens with zero attached hydrogens (tertiary/aromatic N) is 2. The molecule has 4 nitrogen and oxygen atoms in total. The van der Waals surface area contributed by atoms with Gasteiger partial charge in [-0.2, -0.15) is 0 Å². The van der Waals surface area contributed by atoms with E-state index in [1.807, 2.05) is 13.0 Å². The summed E-state index contributed by atoms with van der Waals surface area (Å²) in [4.78, 5) is 6.47. The number of pyridine rings is 1. The van der Waals surface area contributed by atoms with Crippen molar-refractivity contribution in [2.24, 2.45) is 5.41 Å². The minimum absolute atomic E-state index is 0.209. The van der Waals surface area contributed by atoms with Crippen LogP contribution in [0, 0.1) is 12.3 Å². The van der Waals surface area contributed by atoms with Crippen LogP contribution in [0.1, 0.15) is 19.4 Å². The first-order valence-corrected chi connectivity index (χ1v) is 5.91. The first-order chi connectivity index (χ1) is 7.80. The van der Waals surface area contributed by atoms with Crippen LogP contribution >= 0.6 is 0 Å². The van der Waals surface area contributed by atoms with E-state index in [-0.39, 0.29) is 5.41 Å². The molecule has 0 radical (unpaired) electrons. The Morgan fingerprint density at radius 2 is 2.06 bits per heavy atom. The van der Waals surface area contributed by atoms with Gasteiger partial charge < -0.3 is 16.0 Å². The molecule has 17 heavy (non-hydrogen) atoms. The minimum atomic E-state index is 0.209. The van der Waals surface area contributed by atoms with Gasteiger partial charge >= 0.3 is 0 Å². The van der Waals surface area contributed by atoms with Crippen LogP contribution < -0.4 is 11.1 Å². The summed E-state index contributed by atoms with van der Waals surface area (Å²) in [5.41, 5.74) is 7.75. The molecule has 0 bridgehead atoms. The smallest absolute Gasteiger partial charge is 0.126 e. The molecular weight excluding hydrogens is 212 g/mol. The summed E-state index contributed by atoms with van der Waals surface area (Å²) >= 11 is 0. The first-order valence-electron chi connectivity index (χ1n) is 5.91. The molecule has 0 aliphatic carbocycles. The molecule has 0 aromatic carbocycles. The van der Waals surface area contributed by atoms with E-state index in [4.69, 9.17) is 5.73 Å². The molecule has 4 heteroatoms. The van der Waals surface area contributed by atoms with Gasteiger partial charge in [-0.25, -0.2) is 4.98 Å². The van der Waals surface area contributed by atoms with Crippen molar-refractivity contribution in [3.05, 3.63) is 17.8 Å². The average Bonchev–Trinajstić information content (AvgIpc) is 2.18. The van der Waals surface area contributed by atoms with E-state index in [9.17, 15) is 0 Å². The fraction of sp³-hybridized carbons (Fsp3) is 0.615. The number of nitrogens with one attached hydrogen (secondary N) is 1. The van der Waals surface area contributed by atoms with Gasteiger partial charge in [0.15, 0.2) is 0 Å². The van der Waals surface area contributed by atoms with Gasteiger partial charge in [0.25, 0.3) is 0 Å². The molecule has 1 aromatic rings. The molecule has 96 valence electrons. The lowest BCUT2D eigenvalue weighted by Crippen LogP contribution is -2.34. The third kappa shape index (κ3) is 4.61. The Hall–Kier alpha value is -1.29. The Kier molecular flexibility index (Phi) is 4.34. The molecule has 1 aromatic heterocycles. The van der Waals surface area contributed by atoms with E-state index in [1.54, 1.807) is 6.20 Å². The van der Waals surface area contributed by atoms with Crippen LogP contribution in [-0.4, -0.2) is 37.1 Å². The van der Waals surface area contributed by atoms with E-state index in [0.717, 1.165) is 30.2 Å². The van der Waals surface area contributed by atoms with Crippen molar-refractivity contribution in [3.8, 4) is 0 Å². The lowest BCUT2D eigenvalue weighted by atomic mass is 9.93. The van der Waals surface area contributed by atoms with E-state index in [0.29, 0.717) is 0 Å². The van der Waals surface area contributed by atoms with Crippen molar-refractivity contribution in [3.63, 3.8) is 0 Å². The van der Waals surface area contributed by atoms with Crippen LogP contribution in [0.3, 0.4) is 0 Å². The Morgan fingerprint density at radius 1 is 1.41 bits per heavy atom. The highest BCUT2D eigenvalue weighted by Gasteiger charge is 2.18. The molecule has 0 amide bonds. The Balaban J connectivity index is 2.58. The second-order valence-electron chi connectivity index (χ2n) is 5.68. The largest absolute Gasteiger partial charge is 0.397 e.